The van der Waals surface area contributed by atoms with Crippen LogP contribution >= 0.6 is 0 Å². The van der Waals surface area contributed by atoms with E-state index in [0.29, 0.717) is 12.8 Å². The molecule has 0 amide bonds. The molecule has 2 N–H and O–H groups in total. The van der Waals surface area contributed by atoms with E-state index < -0.39 is 23.6 Å². The van der Waals surface area contributed by atoms with Crippen LogP contribution in [0.25, 0.3) is 0 Å². The Morgan fingerprint density at radius 1 is 1.38 bits per heavy atom. The maximum absolute atomic E-state index is 10.8. The molecule has 1 heterocycles. The normalized spacial score (nSPS) is 42.2. The van der Waals surface area contributed by atoms with Gasteiger partial charge in [0.15, 0.2) is 11.7 Å². The third kappa shape index (κ3) is 0.966. The van der Waals surface area contributed by atoms with E-state index in [0.717, 1.165) is 6.42 Å². The van der Waals surface area contributed by atoms with Crippen LogP contribution in [0.3, 0.4) is 0 Å². The van der Waals surface area contributed by atoms with Crippen molar-refractivity contribution in [1.29, 1.82) is 0 Å². The van der Waals surface area contributed by atoms with Crippen LogP contribution in [-0.4, -0.2) is 33.9 Å². The number of fused-ring (bicyclic) bond motifs is 1. The van der Waals surface area contributed by atoms with Gasteiger partial charge in [-0.05, 0) is 19.3 Å². The Kier molecular flexibility index (Phi) is 1.60. The van der Waals surface area contributed by atoms with Crippen molar-refractivity contribution in [2.24, 2.45) is 5.92 Å². The molecule has 0 radical (unpaired) electrons. The lowest BCUT2D eigenvalue weighted by Gasteiger charge is -2.39. The molecule has 0 aromatic heterocycles. The maximum atomic E-state index is 10.8. The third-order valence-corrected chi connectivity index (χ3v) is 3.01. The van der Waals surface area contributed by atoms with Crippen molar-refractivity contribution in [2.45, 2.75) is 31.0 Å². The summed E-state index contributed by atoms with van der Waals surface area (Å²) < 4.78 is 5.07. The Morgan fingerprint density at radius 2 is 2.08 bits per heavy atom. The van der Waals surface area contributed by atoms with Crippen molar-refractivity contribution < 1.29 is 24.5 Å². The molecule has 3 atom stereocenters. The summed E-state index contributed by atoms with van der Waals surface area (Å²) in [5, 5.41) is 17.5. The number of carboxylic acid groups (broad SMARTS) is 2. The first-order chi connectivity index (χ1) is 6.06. The average Bonchev–Trinajstić information content (AvgIpc) is 2.25. The van der Waals surface area contributed by atoms with E-state index in [1.54, 1.807) is 0 Å². The van der Waals surface area contributed by atoms with Crippen LogP contribution in [0.5, 0.6) is 0 Å². The van der Waals surface area contributed by atoms with Gasteiger partial charge in [0, 0.05) is 5.92 Å². The van der Waals surface area contributed by atoms with E-state index in [1.807, 2.05) is 0 Å². The standard InChI is InChI=1S/C8H10O5/c9-6(10)5-3-4-1-2-8(4,13-5)7(11)12/h4-5H,1-3H2,(H,9,10)(H,11,12). The molecule has 1 saturated heterocycles. The zero-order valence-electron chi connectivity index (χ0n) is 6.90. The van der Waals surface area contributed by atoms with Gasteiger partial charge in [0.1, 0.15) is 0 Å². The van der Waals surface area contributed by atoms with E-state index >= 15 is 0 Å². The highest BCUT2D eigenvalue weighted by molar-refractivity contribution is 5.82. The number of rotatable bonds is 2. The number of aliphatic carboxylic acids is 2. The molecule has 5 heteroatoms. The molecule has 1 saturated carbocycles. The van der Waals surface area contributed by atoms with Crippen LogP contribution in [0.15, 0.2) is 0 Å². The highest BCUT2D eigenvalue weighted by atomic mass is 16.6. The van der Waals surface area contributed by atoms with Crippen molar-refractivity contribution in [3.63, 3.8) is 0 Å². The first-order valence-electron chi connectivity index (χ1n) is 4.20. The van der Waals surface area contributed by atoms with Crippen molar-refractivity contribution in [3.8, 4) is 0 Å². The minimum absolute atomic E-state index is 0.105. The summed E-state index contributed by atoms with van der Waals surface area (Å²) in [6.45, 7) is 0. The molecule has 2 aliphatic rings. The van der Waals surface area contributed by atoms with Crippen molar-refractivity contribution >= 4 is 11.9 Å². The van der Waals surface area contributed by atoms with Gasteiger partial charge in [-0.25, -0.2) is 9.59 Å². The Balaban J connectivity index is 2.17. The molecule has 0 aromatic carbocycles. The second kappa shape index (κ2) is 2.45. The van der Waals surface area contributed by atoms with Gasteiger partial charge in [0.25, 0.3) is 0 Å². The molecule has 0 spiro atoms. The molecule has 1 aliphatic carbocycles. The van der Waals surface area contributed by atoms with Crippen molar-refractivity contribution in [2.75, 3.05) is 0 Å². The van der Waals surface area contributed by atoms with Crippen LogP contribution in [0.1, 0.15) is 19.3 Å². The van der Waals surface area contributed by atoms with Gasteiger partial charge in [0.2, 0.25) is 0 Å². The molecule has 5 nitrogen and oxygen atoms in total. The van der Waals surface area contributed by atoms with Gasteiger partial charge >= 0.3 is 11.9 Å². The van der Waals surface area contributed by atoms with Gasteiger partial charge in [0.05, 0.1) is 0 Å². The number of hydrogen-bond acceptors (Lipinski definition) is 3. The quantitative estimate of drug-likeness (QED) is 0.638. The first kappa shape index (κ1) is 8.50. The molecule has 0 aromatic rings. The largest absolute Gasteiger partial charge is 0.479 e. The van der Waals surface area contributed by atoms with Gasteiger partial charge < -0.3 is 14.9 Å². The number of ether oxygens (including phenoxy) is 1. The summed E-state index contributed by atoms with van der Waals surface area (Å²) in [5.41, 5.74) is -1.18. The van der Waals surface area contributed by atoms with E-state index in [-0.39, 0.29) is 5.92 Å². The average molecular weight is 186 g/mol. The highest BCUT2D eigenvalue weighted by Gasteiger charge is 2.61. The lowest BCUT2D eigenvalue weighted by Crippen LogP contribution is -2.51. The second-order valence-electron chi connectivity index (χ2n) is 3.61. The Bertz CT molecular complexity index is 274. The minimum Gasteiger partial charge on any atom is -0.479 e. The van der Waals surface area contributed by atoms with E-state index in [1.165, 1.54) is 0 Å². The van der Waals surface area contributed by atoms with E-state index in [9.17, 15) is 9.59 Å². The molecule has 2 fully saturated rings. The van der Waals surface area contributed by atoms with Gasteiger partial charge in [-0.1, -0.05) is 0 Å². The fraction of sp³-hybridized carbons (Fsp3) is 0.750. The predicted molar refractivity (Wildman–Crippen MR) is 40.2 cm³/mol. The summed E-state index contributed by atoms with van der Waals surface area (Å²) in [6, 6.07) is 0. The monoisotopic (exact) mass is 186 g/mol. The fourth-order valence-electron chi connectivity index (χ4n) is 2.12. The third-order valence-electron chi connectivity index (χ3n) is 3.01. The van der Waals surface area contributed by atoms with Crippen LogP contribution < -0.4 is 0 Å². The topological polar surface area (TPSA) is 83.8 Å². The Hall–Kier alpha value is -1.10. The lowest BCUT2D eigenvalue weighted by atomic mass is 9.69. The molecule has 72 valence electrons. The van der Waals surface area contributed by atoms with Gasteiger partial charge in [-0.3, -0.25) is 0 Å². The molecular formula is C8H10O5. The van der Waals surface area contributed by atoms with Crippen LogP contribution in [0.4, 0.5) is 0 Å². The van der Waals surface area contributed by atoms with Crippen molar-refractivity contribution in [1.82, 2.24) is 0 Å². The molecule has 1 aliphatic heterocycles. The molecule has 2 rings (SSSR count). The molecule has 0 bridgehead atoms. The molecule has 13 heavy (non-hydrogen) atoms. The smallest absolute Gasteiger partial charge is 0.336 e. The summed E-state index contributed by atoms with van der Waals surface area (Å²) >= 11 is 0. The first-order valence-corrected chi connectivity index (χ1v) is 4.20. The SMILES string of the molecule is O=C(O)C1CC2CCC2(C(=O)O)O1. The second-order valence-corrected chi connectivity index (χ2v) is 3.61. The predicted octanol–water partition coefficient (Wildman–Crippen LogP) is 0.0933. The Morgan fingerprint density at radius 3 is 2.38 bits per heavy atom. The zero-order valence-corrected chi connectivity index (χ0v) is 6.90. The fourth-order valence-corrected chi connectivity index (χ4v) is 2.12. The highest BCUT2D eigenvalue weighted by Crippen LogP contribution is 2.51. The van der Waals surface area contributed by atoms with Crippen molar-refractivity contribution in [3.05, 3.63) is 0 Å². The minimum atomic E-state index is -1.18. The van der Waals surface area contributed by atoms with E-state index in [2.05, 4.69) is 0 Å². The number of carbonyl (C=O) groups is 2. The zero-order chi connectivity index (χ0) is 9.64. The number of hydrogen-bond donors (Lipinski definition) is 2. The summed E-state index contributed by atoms with van der Waals surface area (Å²) in [4.78, 5) is 21.4. The maximum Gasteiger partial charge on any atom is 0.336 e. The number of carboxylic acids is 2. The van der Waals surface area contributed by atoms with Gasteiger partial charge in [-0.15, -0.1) is 0 Å². The Labute approximate surface area is 74.3 Å². The summed E-state index contributed by atoms with van der Waals surface area (Å²) in [5.74, 6) is -2.19. The van der Waals surface area contributed by atoms with Crippen LogP contribution in [0.2, 0.25) is 0 Å². The summed E-state index contributed by atoms with van der Waals surface area (Å²) in [7, 11) is 0. The van der Waals surface area contributed by atoms with Crippen LogP contribution in [-0.2, 0) is 14.3 Å². The van der Waals surface area contributed by atoms with Crippen LogP contribution in [0, 0.1) is 5.92 Å². The summed E-state index contributed by atoms with van der Waals surface area (Å²) in [6.07, 6.45) is 0.609. The van der Waals surface area contributed by atoms with Gasteiger partial charge in [-0.2, -0.15) is 0 Å². The molecule has 3 unspecified atom stereocenters. The lowest BCUT2D eigenvalue weighted by molar-refractivity contribution is -0.185. The van der Waals surface area contributed by atoms with E-state index in [4.69, 9.17) is 14.9 Å². The molecular weight excluding hydrogens is 176 g/mol.